The number of aliphatic hydroxyl groups excluding tert-OH is 1. The quantitative estimate of drug-likeness (QED) is 0.468. The van der Waals surface area contributed by atoms with Gasteiger partial charge in [0, 0.05) is 41.8 Å². The van der Waals surface area contributed by atoms with Gasteiger partial charge in [0.25, 0.3) is 0 Å². The summed E-state index contributed by atoms with van der Waals surface area (Å²) in [5.74, 6) is 0.390. The zero-order valence-corrected chi connectivity index (χ0v) is 18.3. The molecule has 0 fully saturated rings. The maximum absolute atomic E-state index is 11.1. The number of fused-ring (bicyclic) bond motifs is 1. The Labute approximate surface area is 184 Å². The fourth-order valence-electron chi connectivity index (χ4n) is 3.58. The lowest BCUT2D eigenvalue weighted by atomic mass is 10.1. The van der Waals surface area contributed by atoms with E-state index >= 15 is 0 Å². The Hall–Kier alpha value is -2.48. The molecule has 0 bridgehead atoms. The molecule has 0 radical (unpaired) electrons. The summed E-state index contributed by atoms with van der Waals surface area (Å²) in [5, 5.41) is 23.3. The molecule has 1 aromatic heterocycles. The first-order valence-electron chi connectivity index (χ1n) is 9.71. The Morgan fingerprint density at radius 2 is 1.97 bits per heavy atom. The lowest BCUT2D eigenvalue weighted by molar-refractivity contribution is 0.193. The van der Waals surface area contributed by atoms with Crippen LogP contribution in [0.5, 0.6) is 0 Å². The highest BCUT2D eigenvalue weighted by molar-refractivity contribution is 6.35. The van der Waals surface area contributed by atoms with Crippen LogP contribution in [0, 0.1) is 0 Å². The molecule has 160 valence electrons. The second-order valence-corrected chi connectivity index (χ2v) is 7.58. The van der Waals surface area contributed by atoms with Gasteiger partial charge < -0.3 is 25.0 Å². The fraction of sp³-hybridized carbons (Fsp3) is 0.333. The monoisotopic (exact) mass is 450 g/mol. The zero-order chi connectivity index (χ0) is 21.8. The normalized spacial score (nSPS) is 12.2. The summed E-state index contributed by atoms with van der Waals surface area (Å²) in [6.45, 7) is 6.21. The van der Waals surface area contributed by atoms with Gasteiger partial charge >= 0.3 is 6.09 Å². The molecule has 0 aliphatic rings. The number of halogens is 2. The number of amides is 1. The highest BCUT2D eigenvalue weighted by atomic mass is 35.5. The first-order chi connectivity index (χ1) is 14.4. The van der Waals surface area contributed by atoms with Gasteiger partial charge in [0.15, 0.2) is 0 Å². The maximum atomic E-state index is 11.1. The molecule has 3 rings (SSSR count). The van der Waals surface area contributed by atoms with Crippen LogP contribution in [0.2, 0.25) is 10.0 Å². The van der Waals surface area contributed by atoms with Crippen molar-refractivity contribution in [3.8, 4) is 0 Å². The van der Waals surface area contributed by atoms with E-state index in [4.69, 9.17) is 28.3 Å². The van der Waals surface area contributed by atoms with Crippen LogP contribution in [0.1, 0.15) is 31.3 Å². The number of aromatic nitrogens is 2. The minimum absolute atomic E-state index is 0.168. The van der Waals surface area contributed by atoms with Crippen molar-refractivity contribution in [2.45, 2.75) is 26.5 Å². The largest absolute Gasteiger partial charge is 0.465 e. The first-order valence-corrected chi connectivity index (χ1v) is 10.5. The van der Waals surface area contributed by atoms with Crippen LogP contribution in [0.25, 0.3) is 11.0 Å². The molecule has 0 saturated heterocycles. The third-order valence-corrected chi connectivity index (χ3v) is 5.55. The Morgan fingerprint density at radius 1 is 1.23 bits per heavy atom. The van der Waals surface area contributed by atoms with E-state index in [0.29, 0.717) is 33.5 Å². The van der Waals surface area contributed by atoms with Gasteiger partial charge in [-0.2, -0.15) is 0 Å². The summed E-state index contributed by atoms with van der Waals surface area (Å²) < 4.78 is 1.86. The summed E-state index contributed by atoms with van der Waals surface area (Å²) in [5.41, 5.74) is 3.01. The number of carbonyl (C=O) groups is 1. The minimum atomic E-state index is -1.11. The molecule has 30 heavy (non-hydrogen) atoms. The smallest absolute Gasteiger partial charge is 0.404 e. The summed E-state index contributed by atoms with van der Waals surface area (Å²) in [6.07, 6.45) is -2.21. The highest BCUT2D eigenvalue weighted by Crippen LogP contribution is 2.34. The molecule has 1 atom stereocenters. The van der Waals surface area contributed by atoms with Gasteiger partial charge in [0.1, 0.15) is 11.9 Å². The number of hydrogen-bond acceptors (Lipinski definition) is 4. The Bertz CT molecular complexity index is 1050. The van der Waals surface area contributed by atoms with Crippen molar-refractivity contribution >= 4 is 46.0 Å². The molecule has 3 N–H and O–H groups in total. The molecule has 1 heterocycles. The molecule has 3 aromatic rings. The number of benzene rings is 2. The highest BCUT2D eigenvalue weighted by Gasteiger charge is 2.24. The van der Waals surface area contributed by atoms with E-state index in [0.717, 1.165) is 24.3 Å². The third kappa shape index (κ3) is 4.48. The molecule has 9 heteroatoms. The molecule has 2 aromatic carbocycles. The summed E-state index contributed by atoms with van der Waals surface area (Å²) in [4.78, 5) is 17.8. The van der Waals surface area contributed by atoms with Gasteiger partial charge in [-0.25, -0.2) is 9.78 Å². The SMILES string of the molecule is CCN(CC)c1cccc2nc(C(O)c3ccc(Cl)cc3Cl)n(CCNC(=O)O)c12. The van der Waals surface area contributed by atoms with Gasteiger partial charge in [-0.3, -0.25) is 0 Å². The van der Waals surface area contributed by atoms with E-state index in [1.54, 1.807) is 18.2 Å². The first kappa shape index (κ1) is 22.2. The van der Waals surface area contributed by atoms with Crippen molar-refractivity contribution in [1.29, 1.82) is 0 Å². The van der Waals surface area contributed by atoms with Crippen molar-refractivity contribution in [3.05, 3.63) is 57.8 Å². The van der Waals surface area contributed by atoms with Crippen LogP contribution in [0.4, 0.5) is 10.5 Å². The Kier molecular flexibility index (Phi) is 7.07. The van der Waals surface area contributed by atoms with Gasteiger partial charge in [0.05, 0.1) is 16.7 Å². The molecule has 0 saturated carbocycles. The minimum Gasteiger partial charge on any atom is -0.465 e. The second kappa shape index (κ2) is 9.55. The van der Waals surface area contributed by atoms with E-state index in [2.05, 4.69) is 29.0 Å². The summed E-state index contributed by atoms with van der Waals surface area (Å²) >= 11 is 12.3. The van der Waals surface area contributed by atoms with E-state index in [1.165, 1.54) is 0 Å². The molecule has 0 aliphatic heterocycles. The number of hydrogen-bond donors (Lipinski definition) is 3. The van der Waals surface area contributed by atoms with Gasteiger partial charge in [0.2, 0.25) is 0 Å². The number of nitrogens with zero attached hydrogens (tertiary/aromatic N) is 3. The van der Waals surface area contributed by atoms with Crippen molar-refractivity contribution in [1.82, 2.24) is 14.9 Å². The number of para-hydroxylation sites is 1. The van der Waals surface area contributed by atoms with Crippen LogP contribution >= 0.6 is 23.2 Å². The third-order valence-electron chi connectivity index (χ3n) is 4.99. The second-order valence-electron chi connectivity index (χ2n) is 6.74. The Morgan fingerprint density at radius 3 is 2.60 bits per heavy atom. The van der Waals surface area contributed by atoms with E-state index in [-0.39, 0.29) is 6.54 Å². The van der Waals surface area contributed by atoms with Gasteiger partial charge in [-0.15, -0.1) is 0 Å². The van der Waals surface area contributed by atoms with E-state index < -0.39 is 12.2 Å². The van der Waals surface area contributed by atoms with Crippen LogP contribution in [-0.4, -0.2) is 45.5 Å². The fourth-order valence-corrected chi connectivity index (χ4v) is 4.09. The Balaban J connectivity index is 2.17. The topological polar surface area (TPSA) is 90.6 Å². The van der Waals surface area contributed by atoms with Crippen molar-refractivity contribution in [2.75, 3.05) is 24.5 Å². The lowest BCUT2D eigenvalue weighted by Crippen LogP contribution is -2.27. The average molecular weight is 451 g/mol. The molecular weight excluding hydrogens is 427 g/mol. The van der Waals surface area contributed by atoms with Crippen molar-refractivity contribution in [2.24, 2.45) is 0 Å². The number of carboxylic acid groups (broad SMARTS) is 1. The van der Waals surface area contributed by atoms with Gasteiger partial charge in [-0.1, -0.05) is 35.3 Å². The van der Waals surface area contributed by atoms with Crippen LogP contribution < -0.4 is 10.2 Å². The predicted molar refractivity (Wildman–Crippen MR) is 120 cm³/mol. The van der Waals surface area contributed by atoms with E-state index in [9.17, 15) is 9.90 Å². The summed E-state index contributed by atoms with van der Waals surface area (Å²) in [7, 11) is 0. The molecule has 1 unspecified atom stereocenters. The van der Waals surface area contributed by atoms with Crippen molar-refractivity contribution in [3.63, 3.8) is 0 Å². The zero-order valence-electron chi connectivity index (χ0n) is 16.8. The van der Waals surface area contributed by atoms with Crippen molar-refractivity contribution < 1.29 is 15.0 Å². The molecule has 0 aliphatic carbocycles. The van der Waals surface area contributed by atoms with Crippen LogP contribution in [-0.2, 0) is 6.54 Å². The summed E-state index contributed by atoms with van der Waals surface area (Å²) in [6, 6.07) is 10.7. The van der Waals surface area contributed by atoms with Gasteiger partial charge in [-0.05, 0) is 38.1 Å². The maximum Gasteiger partial charge on any atom is 0.404 e. The molecule has 7 nitrogen and oxygen atoms in total. The number of anilines is 1. The molecule has 0 spiro atoms. The number of nitrogens with one attached hydrogen (secondary N) is 1. The van der Waals surface area contributed by atoms with E-state index in [1.807, 2.05) is 22.8 Å². The lowest BCUT2D eigenvalue weighted by Gasteiger charge is -2.23. The number of rotatable bonds is 8. The van der Waals surface area contributed by atoms with Crippen LogP contribution in [0.3, 0.4) is 0 Å². The average Bonchev–Trinajstić information content (AvgIpc) is 3.07. The molecular formula is C21H24Cl2N4O3. The standard InChI is InChI=1S/C21H24Cl2N4O3/c1-3-26(4-2)17-7-5-6-16-18(17)27(11-10-24-21(29)30)20(25-16)19(28)14-9-8-13(22)12-15(14)23/h5-9,12,19,24,28H,3-4,10-11H2,1-2H3,(H,29,30). The predicted octanol–water partition coefficient (Wildman–Crippen LogP) is 4.54. The number of imidazole rings is 1. The van der Waals surface area contributed by atoms with Crippen LogP contribution in [0.15, 0.2) is 36.4 Å². The number of aliphatic hydroxyl groups is 1. The molecule has 1 amide bonds.